The summed E-state index contributed by atoms with van der Waals surface area (Å²) in [6, 6.07) is 8.83. The number of anilines is 3. The number of nitrogens with two attached hydrogens (primary N) is 2. The number of nitrogen functional groups attached to an aromatic ring is 2. The van der Waals surface area contributed by atoms with Crippen LogP contribution in [0, 0.1) is 23.0 Å². The highest BCUT2D eigenvalue weighted by Gasteiger charge is 2.49. The maximum absolute atomic E-state index is 17.4. The Morgan fingerprint density at radius 1 is 1.12 bits per heavy atom. The number of phenols is 1. The van der Waals surface area contributed by atoms with E-state index < -0.39 is 80.7 Å². The lowest BCUT2D eigenvalue weighted by Gasteiger charge is -2.31. The summed E-state index contributed by atoms with van der Waals surface area (Å²) in [5, 5.41) is 23.5. The van der Waals surface area contributed by atoms with Gasteiger partial charge in [-0.15, -0.1) is 11.3 Å². The van der Waals surface area contributed by atoms with E-state index in [1.165, 1.54) is 13.3 Å². The highest BCUT2D eigenvalue weighted by Crippen LogP contribution is 2.52. The predicted octanol–water partition coefficient (Wildman–Crippen LogP) is 8.09. The van der Waals surface area contributed by atoms with Crippen LogP contribution >= 0.6 is 11.3 Å². The van der Waals surface area contributed by atoms with E-state index in [1.807, 2.05) is 4.90 Å². The summed E-state index contributed by atoms with van der Waals surface area (Å²) in [6.45, 7) is 0.694. The molecule has 0 amide bonds. The lowest BCUT2D eigenvalue weighted by molar-refractivity contribution is -0.138. The van der Waals surface area contributed by atoms with Gasteiger partial charge < -0.3 is 31.4 Å². The Bertz CT molecular complexity index is 2660. The summed E-state index contributed by atoms with van der Waals surface area (Å²) >= 11 is 0.608. The highest BCUT2D eigenvalue weighted by atomic mass is 32.1. The molecule has 2 aromatic carbocycles. The summed E-state index contributed by atoms with van der Waals surface area (Å²) in [6.07, 6.45) is -1.58. The molecule has 2 fully saturated rings. The number of halogens is 6. The fourth-order valence-electron chi connectivity index (χ4n) is 8.44. The first-order chi connectivity index (χ1) is 28.2. The number of thiophene rings is 1. The third-order valence-electron chi connectivity index (χ3n) is 11.1. The van der Waals surface area contributed by atoms with Crippen LogP contribution in [-0.4, -0.2) is 68.5 Å². The minimum absolute atomic E-state index is 0.0674. The molecule has 0 saturated carbocycles. The molecule has 0 spiro atoms. The van der Waals surface area contributed by atoms with Gasteiger partial charge in [0.15, 0.2) is 5.82 Å². The summed E-state index contributed by atoms with van der Waals surface area (Å²) in [5.74, 6) is -4.00. The van der Waals surface area contributed by atoms with E-state index in [4.69, 9.17) is 20.9 Å². The van der Waals surface area contributed by atoms with Gasteiger partial charge in [0.25, 0.3) is 0 Å². The number of phenolic OH excluding ortho intramolecular Hbond substituents is 1. The van der Waals surface area contributed by atoms with Crippen molar-refractivity contribution in [3.63, 3.8) is 0 Å². The zero-order chi connectivity index (χ0) is 41.8. The van der Waals surface area contributed by atoms with Gasteiger partial charge in [-0.05, 0) is 56.0 Å². The van der Waals surface area contributed by atoms with Crippen LogP contribution in [0.1, 0.15) is 54.0 Å². The van der Waals surface area contributed by atoms with E-state index in [0.717, 1.165) is 18.6 Å². The number of hydrogen-bond donors (Lipinski definition) is 4. The molecular formula is C40H35F6N9O3S. The molecule has 3 atom stereocenters. The number of nitriles is 1. The fraction of sp³-hybridized carbons (Fsp3) is 0.325. The van der Waals surface area contributed by atoms with Crippen LogP contribution in [0.4, 0.5) is 43.0 Å². The molecule has 0 aliphatic carbocycles. The molecule has 6 heterocycles. The number of fused-ring (bicyclic) bond motifs is 3. The molecule has 0 bridgehead atoms. The number of alkyl halides is 4. The van der Waals surface area contributed by atoms with Crippen molar-refractivity contribution in [2.24, 2.45) is 0 Å². The summed E-state index contributed by atoms with van der Waals surface area (Å²) in [5.41, 5.74) is 7.90. The SMILES string of the molecule is COc1ncccc1CC[C@@H](Nc1nc(OC[C@@]23CCCN2C[C@H](F)C3)nc2c(F)c(-c3ccc(F)c4sc(N)c(C#N)c34)c(C(F)(F)F)c(O)c12)c1cccnc1N. The van der Waals surface area contributed by atoms with Gasteiger partial charge in [0.2, 0.25) is 5.88 Å². The van der Waals surface area contributed by atoms with Crippen molar-refractivity contribution in [3.8, 4) is 34.8 Å². The Balaban J connectivity index is 1.35. The number of pyridine rings is 2. The van der Waals surface area contributed by atoms with Crippen molar-refractivity contribution in [1.29, 1.82) is 5.26 Å². The van der Waals surface area contributed by atoms with Crippen molar-refractivity contribution in [1.82, 2.24) is 24.8 Å². The van der Waals surface area contributed by atoms with Crippen molar-refractivity contribution < 1.29 is 40.9 Å². The Hall–Kier alpha value is -6.13. The summed E-state index contributed by atoms with van der Waals surface area (Å²) < 4.78 is 105. The third-order valence-corrected chi connectivity index (χ3v) is 12.1. The average Bonchev–Trinajstić information content (AvgIpc) is 3.86. The molecule has 8 rings (SSSR count). The van der Waals surface area contributed by atoms with Gasteiger partial charge in [-0.2, -0.15) is 28.4 Å². The zero-order valence-corrected chi connectivity index (χ0v) is 32.0. The molecule has 6 N–H and O–H groups in total. The number of rotatable bonds is 11. The zero-order valence-electron chi connectivity index (χ0n) is 31.2. The van der Waals surface area contributed by atoms with Crippen LogP contribution in [-0.2, 0) is 12.6 Å². The van der Waals surface area contributed by atoms with E-state index >= 15 is 22.0 Å². The van der Waals surface area contributed by atoms with Crippen molar-refractivity contribution >= 4 is 49.0 Å². The van der Waals surface area contributed by atoms with Crippen LogP contribution in [0.15, 0.2) is 48.8 Å². The Morgan fingerprint density at radius 2 is 1.90 bits per heavy atom. The molecule has 306 valence electrons. The Kier molecular flexibility index (Phi) is 10.2. The Morgan fingerprint density at radius 3 is 2.64 bits per heavy atom. The number of benzene rings is 2. The first-order valence-corrected chi connectivity index (χ1v) is 19.3. The van der Waals surface area contributed by atoms with E-state index in [0.29, 0.717) is 41.3 Å². The normalized spacial score (nSPS) is 18.6. The number of ether oxygens (including phenoxy) is 2. The molecule has 59 heavy (non-hydrogen) atoms. The number of aromatic hydroxyl groups is 1. The minimum atomic E-state index is -5.43. The number of aryl methyl sites for hydroxylation is 1. The molecule has 2 aliphatic rings. The van der Waals surface area contributed by atoms with Gasteiger partial charge in [-0.3, -0.25) is 4.90 Å². The monoisotopic (exact) mass is 835 g/mol. The molecule has 19 heteroatoms. The highest BCUT2D eigenvalue weighted by molar-refractivity contribution is 7.23. The smallest absolute Gasteiger partial charge is 0.420 e. The maximum atomic E-state index is 17.4. The van der Waals surface area contributed by atoms with Crippen LogP contribution in [0.5, 0.6) is 17.6 Å². The summed E-state index contributed by atoms with van der Waals surface area (Å²) in [4.78, 5) is 19.1. The number of methoxy groups -OCH3 is 1. The average molecular weight is 836 g/mol. The van der Waals surface area contributed by atoms with E-state index in [-0.39, 0.29) is 58.9 Å². The molecule has 2 aliphatic heterocycles. The van der Waals surface area contributed by atoms with Gasteiger partial charge in [0.05, 0.1) is 34.3 Å². The fourth-order valence-corrected chi connectivity index (χ4v) is 9.39. The largest absolute Gasteiger partial charge is 0.506 e. The Labute approximate surface area is 336 Å². The van der Waals surface area contributed by atoms with Gasteiger partial charge >= 0.3 is 12.2 Å². The van der Waals surface area contributed by atoms with Crippen LogP contribution < -0.4 is 26.3 Å². The molecular weight excluding hydrogens is 801 g/mol. The quantitative estimate of drug-likeness (QED) is 0.0923. The van der Waals surface area contributed by atoms with Crippen molar-refractivity contribution in [2.45, 2.75) is 56.0 Å². The molecule has 0 radical (unpaired) electrons. The second-order valence-corrected chi connectivity index (χ2v) is 15.5. The first-order valence-electron chi connectivity index (χ1n) is 18.5. The number of nitrogens with zero attached hydrogens (tertiary/aromatic N) is 6. The van der Waals surface area contributed by atoms with E-state index in [9.17, 15) is 14.8 Å². The number of nitrogens with one attached hydrogen (secondary N) is 1. The molecule has 0 unspecified atom stereocenters. The van der Waals surface area contributed by atoms with Crippen molar-refractivity contribution in [2.75, 3.05) is 43.6 Å². The first kappa shape index (κ1) is 39.7. The van der Waals surface area contributed by atoms with Crippen molar-refractivity contribution in [3.05, 3.63) is 82.7 Å². The molecule has 6 aromatic rings. The van der Waals surface area contributed by atoms with Crippen LogP contribution in [0.25, 0.3) is 32.1 Å². The van der Waals surface area contributed by atoms with Crippen LogP contribution in [0.3, 0.4) is 0 Å². The van der Waals surface area contributed by atoms with Gasteiger partial charge in [-0.1, -0.05) is 18.2 Å². The second kappa shape index (κ2) is 15.2. The lowest BCUT2D eigenvalue weighted by Crippen LogP contribution is -2.43. The molecule has 4 aromatic heterocycles. The molecule has 2 saturated heterocycles. The number of hydrogen-bond acceptors (Lipinski definition) is 13. The standard InChI is InChI=1S/C40H35F6N9O3S/c1-57-37-19(5-2-13-51-37)7-10-25(21-6-3-12-50-34(21)48)52-36-28-31(53-38(54-36)58-18-39-11-4-14-55(39)17-20(41)15-39)30(43)27(29(32(28)56)40(44,45)46)22-8-9-24(42)33-26(22)23(16-47)35(49)59-33/h2-3,5-6,8-9,12-13,20,25,56H,4,7,10-11,14-15,17-18,49H2,1H3,(H2,48,50)(H,52,53,54)/t20-,25-,39+/m1/s1. The summed E-state index contributed by atoms with van der Waals surface area (Å²) in [7, 11) is 1.45. The third kappa shape index (κ3) is 6.99. The number of aromatic nitrogens is 4. The van der Waals surface area contributed by atoms with Gasteiger partial charge in [0, 0.05) is 47.4 Å². The molecule has 12 nitrogen and oxygen atoms in total. The van der Waals surface area contributed by atoms with E-state index in [1.54, 1.807) is 36.5 Å². The second-order valence-electron chi connectivity index (χ2n) is 14.5. The van der Waals surface area contributed by atoms with Crippen LogP contribution in [0.2, 0.25) is 0 Å². The topological polar surface area (TPSA) is 181 Å². The minimum Gasteiger partial charge on any atom is -0.506 e. The predicted molar refractivity (Wildman–Crippen MR) is 209 cm³/mol. The van der Waals surface area contributed by atoms with Gasteiger partial charge in [-0.25, -0.2) is 23.1 Å². The lowest BCUT2D eigenvalue weighted by atomic mass is 9.91. The van der Waals surface area contributed by atoms with E-state index in [2.05, 4.69) is 25.3 Å². The maximum Gasteiger partial charge on any atom is 0.420 e. The van der Waals surface area contributed by atoms with Gasteiger partial charge in [0.1, 0.15) is 58.1 Å².